The predicted molar refractivity (Wildman–Crippen MR) is 139 cm³/mol. The molecule has 0 aromatic heterocycles. The summed E-state index contributed by atoms with van der Waals surface area (Å²) in [6, 6.07) is 31.3. The zero-order valence-electron chi connectivity index (χ0n) is 19.9. The fourth-order valence-corrected chi connectivity index (χ4v) is 3.80. The average Bonchev–Trinajstić information content (AvgIpc) is 2.92. The molecule has 0 radical (unpaired) electrons. The van der Waals surface area contributed by atoms with Crippen molar-refractivity contribution < 1.29 is 19.0 Å². The predicted octanol–water partition coefficient (Wildman–Crippen LogP) is 6.77. The third-order valence-electron chi connectivity index (χ3n) is 5.70. The van der Waals surface area contributed by atoms with Crippen LogP contribution < -0.4 is 14.2 Å². The average molecular weight is 465 g/mol. The maximum absolute atomic E-state index is 12.5. The van der Waals surface area contributed by atoms with E-state index in [1.165, 1.54) is 5.56 Å². The van der Waals surface area contributed by atoms with E-state index in [9.17, 15) is 4.79 Å². The summed E-state index contributed by atoms with van der Waals surface area (Å²) in [5.74, 6) is 2.23. The number of hydrogen-bond donors (Lipinski definition) is 0. The first kappa shape index (κ1) is 23.8. The Bertz CT molecular complexity index is 1290. The van der Waals surface area contributed by atoms with Gasteiger partial charge in [0.15, 0.2) is 5.78 Å². The van der Waals surface area contributed by atoms with Crippen LogP contribution in [0.2, 0.25) is 0 Å². The van der Waals surface area contributed by atoms with Gasteiger partial charge < -0.3 is 14.2 Å². The number of carbonyl (C=O) groups excluding carboxylic acids is 1. The molecule has 0 saturated heterocycles. The van der Waals surface area contributed by atoms with E-state index in [2.05, 4.69) is 18.2 Å². The van der Waals surface area contributed by atoms with Crippen LogP contribution in [-0.2, 0) is 13.0 Å². The number of ketones is 1. The maximum atomic E-state index is 12.5. The summed E-state index contributed by atoms with van der Waals surface area (Å²) in [4.78, 5) is 12.5. The minimum atomic E-state index is -0.0730. The van der Waals surface area contributed by atoms with Gasteiger partial charge in [-0.3, -0.25) is 4.79 Å². The highest BCUT2D eigenvalue weighted by molar-refractivity contribution is 6.06. The summed E-state index contributed by atoms with van der Waals surface area (Å²) in [7, 11) is 3.24. The second-order valence-corrected chi connectivity index (χ2v) is 8.06. The van der Waals surface area contributed by atoms with Gasteiger partial charge in [0.05, 0.1) is 14.2 Å². The molecule has 0 aliphatic heterocycles. The van der Waals surface area contributed by atoms with Crippen LogP contribution in [0.5, 0.6) is 17.2 Å². The largest absolute Gasteiger partial charge is 0.497 e. The van der Waals surface area contributed by atoms with Gasteiger partial charge in [0.2, 0.25) is 0 Å². The molecule has 0 spiro atoms. The molecule has 176 valence electrons. The highest BCUT2D eigenvalue weighted by Gasteiger charge is 2.09. The molecule has 0 bridgehead atoms. The quantitative estimate of drug-likeness (QED) is 0.192. The minimum absolute atomic E-state index is 0.0730. The standard InChI is InChI=1S/C31H28O4/c1-33-28-16-14-25(15-17-28)29(32)18-12-24-13-19-30(34-2)27(21-24)22-35-31-11-7-6-10-26(31)20-23-8-4-3-5-9-23/h3-19,21H,20,22H2,1-2H3/b18-12+. The first-order valence-corrected chi connectivity index (χ1v) is 11.4. The van der Waals surface area contributed by atoms with Crippen LogP contribution in [0.1, 0.15) is 32.6 Å². The summed E-state index contributed by atoms with van der Waals surface area (Å²) >= 11 is 0. The molecular weight excluding hydrogens is 436 g/mol. The van der Waals surface area contributed by atoms with Gasteiger partial charge in [-0.25, -0.2) is 0 Å². The van der Waals surface area contributed by atoms with Crippen molar-refractivity contribution in [3.63, 3.8) is 0 Å². The first-order valence-electron chi connectivity index (χ1n) is 11.4. The van der Waals surface area contributed by atoms with Crippen molar-refractivity contribution in [2.45, 2.75) is 13.0 Å². The molecule has 0 atom stereocenters. The Morgan fingerprint density at radius 1 is 0.743 bits per heavy atom. The number of ether oxygens (including phenoxy) is 3. The Morgan fingerprint density at radius 2 is 1.49 bits per heavy atom. The molecule has 0 amide bonds. The number of methoxy groups -OCH3 is 2. The second-order valence-electron chi connectivity index (χ2n) is 8.06. The Morgan fingerprint density at radius 3 is 2.23 bits per heavy atom. The fourth-order valence-electron chi connectivity index (χ4n) is 3.80. The number of benzene rings is 4. The Hall–Kier alpha value is -4.31. The van der Waals surface area contributed by atoms with Crippen molar-refractivity contribution in [2.75, 3.05) is 14.2 Å². The molecule has 0 aliphatic rings. The summed E-state index contributed by atoms with van der Waals surface area (Å²) in [5.41, 5.74) is 4.76. The SMILES string of the molecule is COc1ccc(C(=O)/C=C/c2ccc(OC)c(COc3ccccc3Cc3ccccc3)c2)cc1. The monoisotopic (exact) mass is 464 g/mol. The topological polar surface area (TPSA) is 44.8 Å². The van der Waals surface area contributed by atoms with Crippen molar-refractivity contribution in [1.29, 1.82) is 0 Å². The van der Waals surface area contributed by atoms with Crippen molar-refractivity contribution >= 4 is 11.9 Å². The summed E-state index contributed by atoms with van der Waals surface area (Å²) in [6.45, 7) is 0.350. The van der Waals surface area contributed by atoms with Crippen molar-refractivity contribution in [2.24, 2.45) is 0 Å². The van der Waals surface area contributed by atoms with E-state index in [0.717, 1.165) is 40.4 Å². The molecule has 0 aliphatic carbocycles. The van der Waals surface area contributed by atoms with Crippen LogP contribution in [0.15, 0.2) is 103 Å². The van der Waals surface area contributed by atoms with E-state index in [-0.39, 0.29) is 5.78 Å². The van der Waals surface area contributed by atoms with Gasteiger partial charge >= 0.3 is 0 Å². The number of hydrogen-bond acceptors (Lipinski definition) is 4. The lowest BCUT2D eigenvalue weighted by Crippen LogP contribution is -2.02. The molecule has 0 N–H and O–H groups in total. The lowest BCUT2D eigenvalue weighted by atomic mass is 10.0. The van der Waals surface area contributed by atoms with Gasteiger partial charge in [-0.2, -0.15) is 0 Å². The third-order valence-corrected chi connectivity index (χ3v) is 5.70. The number of para-hydroxylation sites is 1. The van der Waals surface area contributed by atoms with E-state index in [0.29, 0.717) is 12.2 Å². The highest BCUT2D eigenvalue weighted by Crippen LogP contribution is 2.26. The molecule has 4 heteroatoms. The molecule has 35 heavy (non-hydrogen) atoms. The normalized spacial score (nSPS) is 10.8. The van der Waals surface area contributed by atoms with E-state index in [4.69, 9.17) is 14.2 Å². The Kier molecular flexibility index (Phi) is 7.97. The van der Waals surface area contributed by atoms with E-state index >= 15 is 0 Å². The van der Waals surface area contributed by atoms with Gasteiger partial charge in [0.25, 0.3) is 0 Å². The number of allylic oxidation sites excluding steroid dienone is 1. The number of carbonyl (C=O) groups is 1. The minimum Gasteiger partial charge on any atom is -0.497 e. The maximum Gasteiger partial charge on any atom is 0.185 e. The van der Waals surface area contributed by atoms with Crippen LogP contribution >= 0.6 is 0 Å². The fraction of sp³-hybridized carbons (Fsp3) is 0.129. The Labute approximate surface area is 206 Å². The zero-order chi connectivity index (χ0) is 24.5. The van der Waals surface area contributed by atoms with Crippen molar-refractivity contribution in [3.8, 4) is 17.2 Å². The van der Waals surface area contributed by atoms with Gasteiger partial charge in [0, 0.05) is 17.5 Å². The van der Waals surface area contributed by atoms with Crippen LogP contribution in [0.3, 0.4) is 0 Å². The van der Waals surface area contributed by atoms with Gasteiger partial charge in [-0.05, 0) is 65.2 Å². The lowest BCUT2D eigenvalue weighted by molar-refractivity contribution is 0.104. The van der Waals surface area contributed by atoms with Crippen molar-refractivity contribution in [3.05, 3.63) is 131 Å². The zero-order valence-corrected chi connectivity index (χ0v) is 19.9. The lowest BCUT2D eigenvalue weighted by Gasteiger charge is -2.14. The first-order chi connectivity index (χ1) is 17.2. The van der Waals surface area contributed by atoms with Gasteiger partial charge in [-0.15, -0.1) is 0 Å². The smallest absolute Gasteiger partial charge is 0.185 e. The summed E-state index contributed by atoms with van der Waals surface area (Å²) in [6.07, 6.45) is 4.17. The van der Waals surface area contributed by atoms with Crippen LogP contribution in [0.25, 0.3) is 6.08 Å². The molecule has 0 saturated carbocycles. The summed E-state index contributed by atoms with van der Waals surface area (Å²) < 4.78 is 16.9. The molecule has 0 unspecified atom stereocenters. The molecule has 0 fully saturated rings. The van der Waals surface area contributed by atoms with Crippen LogP contribution in [-0.4, -0.2) is 20.0 Å². The van der Waals surface area contributed by atoms with Gasteiger partial charge in [-0.1, -0.05) is 60.7 Å². The molecule has 4 rings (SSSR count). The van der Waals surface area contributed by atoms with Crippen LogP contribution in [0, 0.1) is 0 Å². The molecular formula is C31H28O4. The molecule has 4 nitrogen and oxygen atoms in total. The van der Waals surface area contributed by atoms with Gasteiger partial charge in [0.1, 0.15) is 23.9 Å². The number of rotatable bonds is 10. The Balaban J connectivity index is 1.48. The summed E-state index contributed by atoms with van der Waals surface area (Å²) in [5, 5.41) is 0. The van der Waals surface area contributed by atoms with Crippen LogP contribution in [0.4, 0.5) is 0 Å². The van der Waals surface area contributed by atoms with E-state index in [1.807, 2.05) is 54.6 Å². The van der Waals surface area contributed by atoms with Crippen molar-refractivity contribution in [1.82, 2.24) is 0 Å². The molecule has 4 aromatic rings. The second kappa shape index (κ2) is 11.7. The highest BCUT2D eigenvalue weighted by atomic mass is 16.5. The molecule has 4 aromatic carbocycles. The van der Waals surface area contributed by atoms with E-state index in [1.54, 1.807) is 50.6 Å². The third kappa shape index (κ3) is 6.39. The van der Waals surface area contributed by atoms with E-state index < -0.39 is 0 Å². The molecule has 0 heterocycles.